The number of imidazole rings is 1. The van der Waals surface area contributed by atoms with Gasteiger partial charge in [0, 0.05) is 11.7 Å². The van der Waals surface area contributed by atoms with Gasteiger partial charge in [-0.2, -0.15) is 0 Å². The van der Waals surface area contributed by atoms with Crippen LogP contribution in [0, 0.1) is 13.8 Å². The monoisotopic (exact) mass is 388 g/mol. The second kappa shape index (κ2) is 6.95. The zero-order valence-corrected chi connectivity index (χ0v) is 16.7. The van der Waals surface area contributed by atoms with Gasteiger partial charge >= 0.3 is 0 Å². The molecule has 2 N–H and O–H groups in total. The highest BCUT2D eigenvalue weighted by Gasteiger charge is 2.29. The zero-order valence-electron chi connectivity index (χ0n) is 16.7. The van der Waals surface area contributed by atoms with Crippen molar-refractivity contribution >= 4 is 22.8 Å². The number of carbonyl (C=O) groups is 1. The van der Waals surface area contributed by atoms with Gasteiger partial charge in [0.05, 0.1) is 22.9 Å². The molecular weight excluding hydrogens is 364 g/mol. The number of hydrogen-bond acceptors (Lipinski definition) is 3. The Morgan fingerprint density at radius 3 is 2.69 bits per heavy atom. The molecule has 1 saturated carbocycles. The summed E-state index contributed by atoms with van der Waals surface area (Å²) in [5.41, 5.74) is 5.14. The Bertz CT molecular complexity index is 1140. The number of nitrogens with one attached hydrogen (secondary N) is 2. The normalized spacial score (nSPS) is 14.7. The van der Waals surface area contributed by atoms with Gasteiger partial charge in [0.15, 0.2) is 5.76 Å². The lowest BCUT2D eigenvalue weighted by atomic mass is 10.1. The standard InChI is InChI=1S/C23H24N4O2/c1-14-15(2)27(16-8-3-4-9-16)22(26-23(28)19-12-7-13-29-19)20(14)21-24-17-10-5-6-11-18(17)25-21/h5-7,10-13,16H,3-4,8-9H2,1-2H3,(H,24,25)(H,26,28). The molecule has 0 spiro atoms. The van der Waals surface area contributed by atoms with Gasteiger partial charge in [-0.15, -0.1) is 0 Å². The maximum absolute atomic E-state index is 12.9. The van der Waals surface area contributed by atoms with Crippen molar-refractivity contribution in [1.82, 2.24) is 14.5 Å². The number of amides is 1. The molecule has 5 rings (SSSR count). The molecule has 1 aromatic carbocycles. The van der Waals surface area contributed by atoms with Crippen molar-refractivity contribution in [3.05, 3.63) is 59.7 Å². The first-order valence-electron chi connectivity index (χ1n) is 10.1. The summed E-state index contributed by atoms with van der Waals surface area (Å²) in [5, 5.41) is 3.13. The van der Waals surface area contributed by atoms with Crippen LogP contribution in [0.1, 0.15) is 53.5 Å². The third-order valence-electron chi connectivity index (χ3n) is 6.05. The topological polar surface area (TPSA) is 75.8 Å². The Hall–Kier alpha value is -3.28. The highest BCUT2D eigenvalue weighted by Crippen LogP contribution is 2.42. The summed E-state index contributed by atoms with van der Waals surface area (Å²) in [6.07, 6.45) is 6.19. The summed E-state index contributed by atoms with van der Waals surface area (Å²) in [6, 6.07) is 11.8. The summed E-state index contributed by atoms with van der Waals surface area (Å²) < 4.78 is 7.62. The van der Waals surface area contributed by atoms with E-state index in [0.29, 0.717) is 11.8 Å². The number of rotatable bonds is 4. The molecule has 1 aliphatic rings. The van der Waals surface area contributed by atoms with E-state index in [9.17, 15) is 4.79 Å². The van der Waals surface area contributed by atoms with Crippen LogP contribution < -0.4 is 5.32 Å². The average molecular weight is 388 g/mol. The van der Waals surface area contributed by atoms with Crippen molar-refractivity contribution in [1.29, 1.82) is 0 Å². The first-order valence-corrected chi connectivity index (χ1v) is 10.1. The van der Waals surface area contributed by atoms with Gasteiger partial charge in [-0.1, -0.05) is 25.0 Å². The number of carbonyl (C=O) groups excluding carboxylic acids is 1. The summed E-state index contributed by atoms with van der Waals surface area (Å²) in [7, 11) is 0. The van der Waals surface area contributed by atoms with Gasteiger partial charge < -0.3 is 19.3 Å². The molecule has 1 amide bonds. The molecule has 0 atom stereocenters. The van der Waals surface area contributed by atoms with E-state index in [4.69, 9.17) is 9.40 Å². The van der Waals surface area contributed by atoms with E-state index >= 15 is 0 Å². The molecule has 1 aliphatic carbocycles. The largest absolute Gasteiger partial charge is 0.459 e. The van der Waals surface area contributed by atoms with Crippen LogP contribution in [0.4, 0.5) is 5.82 Å². The molecule has 0 unspecified atom stereocenters. The van der Waals surface area contributed by atoms with Crippen LogP contribution in [0.25, 0.3) is 22.4 Å². The Morgan fingerprint density at radius 2 is 1.97 bits per heavy atom. The third kappa shape index (κ3) is 2.95. The zero-order chi connectivity index (χ0) is 20.0. The molecule has 0 bridgehead atoms. The molecule has 3 aromatic heterocycles. The van der Waals surface area contributed by atoms with Crippen molar-refractivity contribution in [3.63, 3.8) is 0 Å². The number of aromatic nitrogens is 3. The van der Waals surface area contributed by atoms with E-state index in [1.54, 1.807) is 12.1 Å². The maximum atomic E-state index is 12.9. The third-order valence-corrected chi connectivity index (χ3v) is 6.05. The fraction of sp³-hybridized carbons (Fsp3) is 0.304. The minimum atomic E-state index is -0.246. The van der Waals surface area contributed by atoms with Gasteiger partial charge in [-0.3, -0.25) is 4.79 Å². The molecule has 0 aliphatic heterocycles. The average Bonchev–Trinajstić information content (AvgIpc) is 3.50. The maximum Gasteiger partial charge on any atom is 0.292 e. The quantitative estimate of drug-likeness (QED) is 0.477. The molecule has 148 valence electrons. The second-order valence-electron chi connectivity index (χ2n) is 7.78. The van der Waals surface area contributed by atoms with Crippen LogP contribution in [0.3, 0.4) is 0 Å². The SMILES string of the molecule is Cc1c(-c2nc3ccccc3[nH]2)c(NC(=O)c2ccco2)n(C2CCCC2)c1C. The van der Waals surface area contributed by atoms with E-state index in [1.165, 1.54) is 24.8 Å². The van der Waals surface area contributed by atoms with Crippen LogP contribution >= 0.6 is 0 Å². The summed E-state index contributed by atoms with van der Waals surface area (Å²) in [6.45, 7) is 4.23. The lowest BCUT2D eigenvalue weighted by Crippen LogP contribution is -2.17. The lowest BCUT2D eigenvalue weighted by Gasteiger charge is -2.19. The second-order valence-corrected chi connectivity index (χ2v) is 7.78. The van der Waals surface area contributed by atoms with E-state index in [0.717, 1.165) is 46.6 Å². The van der Waals surface area contributed by atoms with Crippen molar-refractivity contribution in [2.75, 3.05) is 5.32 Å². The number of benzene rings is 1. The van der Waals surface area contributed by atoms with Crippen molar-refractivity contribution in [2.24, 2.45) is 0 Å². The Kier molecular flexibility index (Phi) is 4.27. The van der Waals surface area contributed by atoms with Crippen molar-refractivity contribution < 1.29 is 9.21 Å². The van der Waals surface area contributed by atoms with Gasteiger partial charge in [0.2, 0.25) is 0 Å². The fourth-order valence-corrected chi connectivity index (χ4v) is 4.51. The van der Waals surface area contributed by atoms with Crippen LogP contribution in [0.2, 0.25) is 0 Å². The van der Waals surface area contributed by atoms with Crippen LogP contribution in [-0.2, 0) is 0 Å². The molecule has 1 fully saturated rings. The van der Waals surface area contributed by atoms with E-state index in [1.807, 2.05) is 24.3 Å². The van der Waals surface area contributed by atoms with Crippen LogP contribution in [0.15, 0.2) is 47.1 Å². The molecule has 3 heterocycles. The summed E-state index contributed by atoms with van der Waals surface area (Å²) >= 11 is 0. The highest BCUT2D eigenvalue weighted by molar-refractivity contribution is 6.04. The van der Waals surface area contributed by atoms with Gasteiger partial charge in [0.1, 0.15) is 11.6 Å². The van der Waals surface area contributed by atoms with Crippen molar-refractivity contribution in [3.8, 4) is 11.4 Å². The minimum absolute atomic E-state index is 0.246. The number of anilines is 1. The van der Waals surface area contributed by atoms with Crippen LogP contribution in [-0.4, -0.2) is 20.4 Å². The first-order chi connectivity index (χ1) is 14.1. The predicted octanol–water partition coefficient (Wildman–Crippen LogP) is 5.61. The molecule has 6 nitrogen and oxygen atoms in total. The molecular formula is C23H24N4O2. The van der Waals surface area contributed by atoms with E-state index < -0.39 is 0 Å². The number of fused-ring (bicyclic) bond motifs is 1. The molecule has 6 heteroatoms. The Morgan fingerprint density at radius 1 is 1.17 bits per heavy atom. The minimum Gasteiger partial charge on any atom is -0.459 e. The van der Waals surface area contributed by atoms with Gasteiger partial charge in [-0.05, 0) is 56.5 Å². The van der Waals surface area contributed by atoms with E-state index in [2.05, 4.69) is 28.7 Å². The summed E-state index contributed by atoms with van der Waals surface area (Å²) in [5.74, 6) is 1.63. The van der Waals surface area contributed by atoms with Gasteiger partial charge in [0.25, 0.3) is 5.91 Å². The van der Waals surface area contributed by atoms with E-state index in [-0.39, 0.29) is 5.91 Å². The molecule has 4 aromatic rings. The predicted molar refractivity (Wildman–Crippen MR) is 113 cm³/mol. The number of aromatic amines is 1. The Balaban J connectivity index is 1.68. The fourth-order valence-electron chi connectivity index (χ4n) is 4.51. The number of furan rings is 1. The van der Waals surface area contributed by atoms with Gasteiger partial charge in [-0.25, -0.2) is 4.98 Å². The molecule has 0 radical (unpaired) electrons. The lowest BCUT2D eigenvalue weighted by molar-refractivity contribution is 0.0995. The molecule has 29 heavy (non-hydrogen) atoms. The smallest absolute Gasteiger partial charge is 0.292 e. The summed E-state index contributed by atoms with van der Waals surface area (Å²) in [4.78, 5) is 21.1. The van der Waals surface area contributed by atoms with Crippen molar-refractivity contribution in [2.45, 2.75) is 45.6 Å². The first kappa shape index (κ1) is 17.8. The number of H-pyrrole nitrogens is 1. The number of hydrogen-bond donors (Lipinski definition) is 2. The number of nitrogens with zero attached hydrogens (tertiary/aromatic N) is 2. The number of para-hydroxylation sites is 2. The molecule has 0 saturated heterocycles. The Labute approximate surface area is 168 Å². The van der Waals surface area contributed by atoms with Crippen LogP contribution in [0.5, 0.6) is 0 Å². The highest BCUT2D eigenvalue weighted by atomic mass is 16.3.